The molecule has 20 N–H and O–H groups in total. The Labute approximate surface area is 764 Å². The molecule has 0 aliphatic carbocycles. The molecule has 0 aliphatic rings. The number of H-pyrrole nitrogens is 3. The number of aliphatic hydroxyl groups is 17. The first-order valence-corrected chi connectivity index (χ1v) is 44.1. The fourth-order valence-corrected chi connectivity index (χ4v) is 14.3. The van der Waals surface area contributed by atoms with Crippen molar-refractivity contribution >= 4 is 128 Å². The van der Waals surface area contributed by atoms with E-state index in [0.29, 0.717) is 23.1 Å². The van der Waals surface area contributed by atoms with E-state index in [4.69, 9.17) is 42.0 Å². The molecule has 3 aromatic heterocycles. The third-order valence-electron chi connectivity index (χ3n) is 21.1. The number of aromatic amines is 3. The fourth-order valence-electron chi connectivity index (χ4n) is 14.3. The summed E-state index contributed by atoms with van der Waals surface area (Å²) in [6.07, 6.45) is 5.73. The van der Waals surface area contributed by atoms with Gasteiger partial charge < -0.3 is 102 Å². The van der Waals surface area contributed by atoms with E-state index in [0.717, 1.165) is 38.3 Å². The first-order valence-electron chi connectivity index (χ1n) is 44.1. The molecule has 0 bridgehead atoms. The van der Waals surface area contributed by atoms with Crippen LogP contribution in [0, 0.1) is 48.3 Å². The number of rotatable bonds is 51. The van der Waals surface area contributed by atoms with E-state index in [-0.39, 0.29) is 88.2 Å². The van der Waals surface area contributed by atoms with Crippen LogP contribution < -0.4 is 0 Å². The number of hydrogen-bond acceptors (Lipinski definition) is 17. The van der Waals surface area contributed by atoms with Crippen LogP contribution in [0.1, 0.15) is 159 Å². The molecule has 4 aromatic carbocycles. The normalized spacial score (nSPS) is 17.9. The highest BCUT2D eigenvalue weighted by Gasteiger charge is 2.35. The molecule has 0 spiro atoms. The van der Waals surface area contributed by atoms with Crippen molar-refractivity contribution in [2.24, 2.45) is 121 Å². The number of aromatic nitrogens is 3. The molecule has 36 heteroatoms. The third kappa shape index (κ3) is 32.3. The van der Waals surface area contributed by atoms with Gasteiger partial charge in [-0.25, -0.2) is 74.9 Å². The van der Waals surface area contributed by atoms with Crippen molar-refractivity contribution in [1.82, 2.24) is 15.0 Å². The molecule has 0 amide bonds. The van der Waals surface area contributed by atoms with E-state index in [1.54, 1.807) is 90.5 Å². The molecule has 0 fully saturated rings. The van der Waals surface area contributed by atoms with Gasteiger partial charge in [0.2, 0.25) is 88.5 Å². The summed E-state index contributed by atoms with van der Waals surface area (Å²) in [5.41, 5.74) is 5.03. The van der Waals surface area contributed by atoms with E-state index in [1.165, 1.54) is 13.8 Å². The minimum absolute atomic E-state index is 0.0436. The molecule has 3 heterocycles. The minimum Gasteiger partial charge on any atom is -0.499 e. The van der Waals surface area contributed by atoms with Gasteiger partial charge in [-0.2, -0.15) is 0 Å². The van der Waals surface area contributed by atoms with Gasteiger partial charge >= 0.3 is 0 Å². The Morgan fingerprint density at radius 2 is 0.603 bits per heavy atom. The predicted molar refractivity (Wildman–Crippen MR) is 525 cm³/mol. The number of aliphatic imine (C=N–C) groups is 16. The number of para-hydroxylation sites is 3. The number of benzene rings is 4. The van der Waals surface area contributed by atoms with Gasteiger partial charge in [0.1, 0.15) is 91.1 Å². The summed E-state index contributed by atoms with van der Waals surface area (Å²) in [6.45, 7) is 34.3. The summed E-state index contributed by atoms with van der Waals surface area (Å²) in [5, 5.41) is 198. The highest BCUT2D eigenvalue weighted by molar-refractivity contribution is 5.98. The average Bonchev–Trinajstić information content (AvgIpc) is 1.74. The Kier molecular flexibility index (Phi) is 40.7. The Morgan fingerprint density at radius 1 is 0.313 bits per heavy atom. The lowest BCUT2D eigenvalue weighted by Crippen LogP contribution is -2.35. The molecule has 1 unspecified atom stereocenters. The van der Waals surface area contributed by atoms with Crippen LogP contribution in [-0.4, -0.2) is 301 Å². The van der Waals surface area contributed by atoms with Crippen LogP contribution in [0.15, 0.2) is 202 Å². The Balaban J connectivity index is 1.26. The van der Waals surface area contributed by atoms with Crippen molar-refractivity contribution in [3.05, 3.63) is 151 Å². The zero-order valence-electron chi connectivity index (χ0n) is 77.3. The Bertz CT molecular complexity index is 5360. The van der Waals surface area contributed by atoms with E-state index in [2.05, 4.69) is 64.9 Å². The maximum Gasteiger partial charge on any atom is 0.207 e. The van der Waals surface area contributed by atoms with E-state index in [1.807, 2.05) is 128 Å². The lowest BCUT2D eigenvalue weighted by atomic mass is 10.0. The van der Waals surface area contributed by atoms with Crippen LogP contribution in [0.5, 0.6) is 0 Å². The highest BCUT2D eigenvalue weighted by atomic mass is 16.3. The average molecular weight is 1810 g/mol. The van der Waals surface area contributed by atoms with Crippen molar-refractivity contribution in [2.75, 3.05) is 19.7 Å². The molecule has 14 atom stereocenters. The van der Waals surface area contributed by atoms with Crippen molar-refractivity contribution < 1.29 is 86.8 Å². The second-order valence-corrected chi connectivity index (χ2v) is 35.1. The van der Waals surface area contributed by atoms with Crippen molar-refractivity contribution in [3.63, 3.8) is 0 Å². The van der Waals surface area contributed by atoms with Crippen molar-refractivity contribution in [3.8, 4) is 0 Å². The van der Waals surface area contributed by atoms with Crippen LogP contribution in [0.3, 0.4) is 0 Å². The second-order valence-electron chi connectivity index (χ2n) is 35.1. The molecule has 0 saturated heterocycles. The molecule has 7 aromatic rings. The highest BCUT2D eigenvalue weighted by Crippen LogP contribution is 2.28. The van der Waals surface area contributed by atoms with E-state index >= 15 is 0 Å². The summed E-state index contributed by atoms with van der Waals surface area (Å²) in [7, 11) is 0. The monoisotopic (exact) mass is 1810 g/mol. The fraction of sp³-hybridized carbons (Fsp3) is 0.505. The largest absolute Gasteiger partial charge is 0.499 e. The molecule has 0 aliphatic heterocycles. The zero-order chi connectivity index (χ0) is 96.6. The van der Waals surface area contributed by atoms with Crippen LogP contribution in [0.2, 0.25) is 0 Å². The Hall–Kier alpha value is -13.0. The zero-order valence-corrected chi connectivity index (χ0v) is 77.3. The summed E-state index contributed by atoms with van der Waals surface area (Å²) >= 11 is 0. The standard InChI is InChI=1S/C95H132N19O17/c1-50(2)37-70(104-83(119)58(16)102-78(117)48-100-82(118)57(15)101-49-116)86(122)103-59(17)84(120)112-80(55(11)12)94(130)114-81(56(13)14)95(131)113-79(54(9)10)93(129)111-77(44-63-47-99-69-34-26-23-31-66(63)69)92(128)107-71(38-51(3)4)87(123)108-74(41-60-27-19-18-20-28-60)90(126)105-73(40-53(7)8)89(125)110-76(43-62-46-98-68-33-25-22-30-65(62)68)91(127)106-72(39-52(5)6)88(124)109-75(85(121)96-35-36-115)42-61-45-97-67-32-24-21-29-64(61)67/h18-34,45-47,49-59,70-77,79-81,97-99,115H,35-44,48H2,1-14,16-17H3,(H,96,121)(H,100,118)(H,101,116)(H,102,117)(H,103,122)(H,104,119)(H,105,126)(H,106,127)(H,107,128)(H,108,123)(H,109,124)(H,110,125)(H,111,129)(H,112,120)(H,113,131)(H,114,130)/t57?,58-,59-,70+,71+,72+,73+,74-,75-,76-,77-,79+,80+,81-/m0/s1. The smallest absolute Gasteiger partial charge is 0.207 e. The molecule has 131 heavy (non-hydrogen) atoms. The summed E-state index contributed by atoms with van der Waals surface area (Å²) < 4.78 is 0. The van der Waals surface area contributed by atoms with Gasteiger partial charge in [0.25, 0.3) is 0 Å². The van der Waals surface area contributed by atoms with Crippen molar-refractivity contribution in [1.29, 1.82) is 0 Å². The van der Waals surface area contributed by atoms with Crippen LogP contribution >= 0.6 is 0 Å². The summed E-state index contributed by atoms with van der Waals surface area (Å²) in [4.78, 5) is 79.5. The van der Waals surface area contributed by atoms with Gasteiger partial charge in [-0.3, -0.25) is 4.99 Å². The summed E-state index contributed by atoms with van der Waals surface area (Å²) in [5.74, 6) is -12.2. The van der Waals surface area contributed by atoms with Gasteiger partial charge in [-0.1, -0.05) is 182 Å². The summed E-state index contributed by atoms with van der Waals surface area (Å²) in [6, 6.07) is 12.7. The lowest BCUT2D eigenvalue weighted by molar-refractivity contribution is 0.305. The number of nitrogens with zero attached hydrogens (tertiary/aromatic N) is 16. The molecule has 3 radical (unpaired) electrons. The number of hydrogen-bond donors (Lipinski definition) is 20. The molecular formula is C95H132N19O17. The molecule has 709 valence electrons. The lowest BCUT2D eigenvalue weighted by Gasteiger charge is -2.23. The number of fused-ring (bicyclic) bond motifs is 3. The SMILES string of the molecule is [C]C(N=CO)C(O)=NCC(O)=N[C@@H](C)C(O)=N[C@H](CC(C)C)C(O)=N[C@@H](C)C(O)=N[C@@H](C(O)=N[C@H](C(O)=N[C@@H](C(O)=N[C@@H](Cc1c[nH]c2ccccc12)C(O)=N[C@H](CC(C)C)C(O)=N[C@@H](Cc1ccccc1)C(O)=N[C@H](CC(C)C)C(O)=N[C@@H](Cc1c[nH]c2ccccc12)C(O)=N[C@H](CC(C)C)C(O)=N[C@@H](Cc1c[nH]c2ccccc12)C(O)=NCCO)C(C)C)C(C)C)C(C)C. The van der Waals surface area contributed by atoms with Crippen LogP contribution in [0.4, 0.5) is 0 Å². The number of nitrogens with one attached hydrogen (secondary N) is 3. The topological polar surface area (TPSA) is 589 Å². The van der Waals surface area contributed by atoms with Gasteiger partial charge in [0, 0.05) is 83.9 Å². The third-order valence-corrected chi connectivity index (χ3v) is 21.1. The van der Waals surface area contributed by atoms with Crippen molar-refractivity contribution in [2.45, 2.75) is 247 Å². The van der Waals surface area contributed by atoms with Crippen LogP contribution in [0.25, 0.3) is 32.7 Å². The molecule has 0 saturated carbocycles. The maximum atomic E-state index is 12.6. The van der Waals surface area contributed by atoms with Gasteiger partial charge in [-0.05, 0) is 121 Å². The predicted octanol–water partition coefficient (Wildman–Crippen LogP) is 16.3. The van der Waals surface area contributed by atoms with E-state index in [9.17, 15) is 81.7 Å². The Morgan fingerprint density at radius 3 is 0.962 bits per heavy atom. The molecule has 7 rings (SSSR count). The maximum absolute atomic E-state index is 12.6. The van der Waals surface area contributed by atoms with Crippen LogP contribution in [-0.2, 0) is 25.7 Å². The first kappa shape index (κ1) is 105. The minimum atomic E-state index is -1.65. The van der Waals surface area contributed by atoms with Gasteiger partial charge in [-0.15, -0.1) is 0 Å². The van der Waals surface area contributed by atoms with Gasteiger partial charge in [0.15, 0.2) is 6.40 Å². The first-order chi connectivity index (χ1) is 62.1. The number of aliphatic hydroxyl groups excluding tert-OH is 17. The molecule has 36 nitrogen and oxygen atoms in total. The van der Waals surface area contributed by atoms with E-state index < -0.39 is 197 Å². The second kappa shape index (κ2) is 50.8. The quantitative estimate of drug-likeness (QED) is 0.0124. The van der Waals surface area contributed by atoms with Gasteiger partial charge in [0.05, 0.1) is 13.2 Å². The molecular weight excluding hydrogens is 1680 g/mol.